The van der Waals surface area contributed by atoms with Crippen molar-refractivity contribution in [3.05, 3.63) is 56.1 Å². The van der Waals surface area contributed by atoms with Gasteiger partial charge in [-0.3, -0.25) is 14.8 Å². The van der Waals surface area contributed by atoms with Gasteiger partial charge < -0.3 is 0 Å². The first-order chi connectivity index (χ1) is 9.81. The molecule has 0 saturated heterocycles. The number of sulfonamides is 1. The number of pyridine rings is 1. The zero-order valence-electron chi connectivity index (χ0n) is 10.2. The van der Waals surface area contributed by atoms with Crippen LogP contribution in [0.1, 0.15) is 0 Å². The Morgan fingerprint density at radius 1 is 1.33 bits per heavy atom. The highest BCUT2D eigenvalue weighted by atomic mass is 79.9. The second-order valence-electron chi connectivity index (χ2n) is 3.81. The van der Waals surface area contributed by atoms with Gasteiger partial charge in [-0.05, 0) is 24.3 Å². The Bertz CT molecular complexity index is 813. The minimum atomic E-state index is -4.20. The molecular formula is C11H7BrClN3O4S. The number of nitrogens with zero attached hydrogens (tertiary/aromatic N) is 2. The maximum atomic E-state index is 12.3. The summed E-state index contributed by atoms with van der Waals surface area (Å²) in [6.45, 7) is 0. The van der Waals surface area contributed by atoms with Crippen molar-refractivity contribution in [3.8, 4) is 0 Å². The van der Waals surface area contributed by atoms with Crippen LogP contribution in [0.2, 0.25) is 5.02 Å². The van der Waals surface area contributed by atoms with E-state index in [2.05, 4.69) is 25.6 Å². The van der Waals surface area contributed by atoms with E-state index in [9.17, 15) is 18.5 Å². The third kappa shape index (κ3) is 3.49. The monoisotopic (exact) mass is 391 g/mol. The third-order valence-electron chi connectivity index (χ3n) is 2.40. The molecule has 0 saturated carbocycles. The van der Waals surface area contributed by atoms with Crippen LogP contribution in [0.5, 0.6) is 0 Å². The number of rotatable bonds is 4. The Balaban J connectivity index is 2.52. The number of nitrogens with one attached hydrogen (secondary N) is 1. The highest BCUT2D eigenvalue weighted by molar-refractivity contribution is 9.10. The van der Waals surface area contributed by atoms with E-state index in [0.717, 1.165) is 12.1 Å². The summed E-state index contributed by atoms with van der Waals surface area (Å²) in [7, 11) is -4.20. The van der Waals surface area contributed by atoms with Crippen LogP contribution in [0.15, 0.2) is 45.9 Å². The van der Waals surface area contributed by atoms with Crippen LogP contribution >= 0.6 is 27.5 Å². The summed E-state index contributed by atoms with van der Waals surface area (Å²) in [4.78, 5) is 13.5. The van der Waals surface area contributed by atoms with E-state index >= 15 is 0 Å². The molecule has 0 aliphatic rings. The summed E-state index contributed by atoms with van der Waals surface area (Å²) in [6.07, 6.45) is 1.35. The minimum Gasteiger partial charge on any atom is -0.262 e. The molecule has 0 amide bonds. The SMILES string of the molecule is O=[N+]([O-])c1ccc(Br)cc1S(=O)(=O)Nc1ncccc1Cl. The number of nitro benzene ring substituents is 1. The van der Waals surface area contributed by atoms with E-state index in [-0.39, 0.29) is 10.8 Å². The molecule has 1 aromatic carbocycles. The fourth-order valence-corrected chi connectivity index (χ4v) is 3.46. The second-order valence-corrected chi connectivity index (χ2v) is 6.78. The Labute approximate surface area is 133 Å². The Morgan fingerprint density at radius 2 is 2.05 bits per heavy atom. The molecule has 0 atom stereocenters. The van der Waals surface area contributed by atoms with Crippen molar-refractivity contribution in [1.29, 1.82) is 0 Å². The zero-order valence-corrected chi connectivity index (χ0v) is 13.3. The van der Waals surface area contributed by atoms with E-state index in [1.54, 1.807) is 0 Å². The fraction of sp³-hybridized carbons (Fsp3) is 0. The van der Waals surface area contributed by atoms with Crippen molar-refractivity contribution in [3.63, 3.8) is 0 Å². The van der Waals surface area contributed by atoms with Gasteiger partial charge in [0.1, 0.15) is 0 Å². The summed E-state index contributed by atoms with van der Waals surface area (Å²) in [6, 6.07) is 6.59. The predicted octanol–water partition coefficient (Wildman–Crippen LogP) is 3.21. The molecule has 0 bridgehead atoms. The molecule has 2 aromatic rings. The van der Waals surface area contributed by atoms with Crippen molar-refractivity contribution in [2.24, 2.45) is 0 Å². The predicted molar refractivity (Wildman–Crippen MR) is 80.9 cm³/mol. The van der Waals surface area contributed by atoms with Gasteiger partial charge in [-0.15, -0.1) is 0 Å². The molecule has 21 heavy (non-hydrogen) atoms. The molecule has 0 aliphatic carbocycles. The Morgan fingerprint density at radius 3 is 2.67 bits per heavy atom. The number of nitro groups is 1. The number of halogens is 2. The number of aromatic nitrogens is 1. The fourth-order valence-electron chi connectivity index (χ4n) is 1.50. The summed E-state index contributed by atoms with van der Waals surface area (Å²) >= 11 is 8.90. The Kier molecular flexibility index (Phi) is 4.45. The first-order valence-corrected chi connectivity index (χ1v) is 8.04. The normalized spacial score (nSPS) is 11.1. The summed E-state index contributed by atoms with van der Waals surface area (Å²) in [5.41, 5.74) is -0.544. The lowest BCUT2D eigenvalue weighted by Gasteiger charge is -2.09. The van der Waals surface area contributed by atoms with Gasteiger partial charge in [0.15, 0.2) is 10.7 Å². The molecular weight excluding hydrogens is 386 g/mol. The molecule has 0 fully saturated rings. The van der Waals surface area contributed by atoms with E-state index in [1.165, 1.54) is 24.4 Å². The zero-order chi connectivity index (χ0) is 15.6. The molecule has 7 nitrogen and oxygen atoms in total. The second kappa shape index (κ2) is 5.96. The standard InChI is InChI=1S/C11H7BrClN3O4S/c12-7-3-4-9(16(17)18)10(6-7)21(19,20)15-11-8(13)2-1-5-14-11/h1-6H,(H,14,15). The number of anilines is 1. The maximum Gasteiger partial charge on any atom is 0.289 e. The smallest absolute Gasteiger partial charge is 0.262 e. The largest absolute Gasteiger partial charge is 0.289 e. The lowest BCUT2D eigenvalue weighted by atomic mass is 10.3. The Hall–Kier alpha value is -1.71. The van der Waals surface area contributed by atoms with Crippen molar-refractivity contribution >= 4 is 49.1 Å². The van der Waals surface area contributed by atoms with E-state index in [0.29, 0.717) is 4.47 Å². The van der Waals surface area contributed by atoms with Crippen LogP contribution in [0.4, 0.5) is 11.5 Å². The molecule has 1 N–H and O–H groups in total. The van der Waals surface area contributed by atoms with Gasteiger partial charge in [-0.1, -0.05) is 27.5 Å². The highest BCUT2D eigenvalue weighted by Crippen LogP contribution is 2.29. The molecule has 1 heterocycles. The van der Waals surface area contributed by atoms with Crippen LogP contribution < -0.4 is 4.72 Å². The van der Waals surface area contributed by atoms with Crippen LogP contribution in [-0.2, 0) is 10.0 Å². The van der Waals surface area contributed by atoms with Crippen molar-refractivity contribution < 1.29 is 13.3 Å². The van der Waals surface area contributed by atoms with Crippen LogP contribution in [-0.4, -0.2) is 18.3 Å². The van der Waals surface area contributed by atoms with Gasteiger partial charge >= 0.3 is 0 Å². The van der Waals surface area contributed by atoms with Gasteiger partial charge in [-0.25, -0.2) is 13.4 Å². The first kappa shape index (κ1) is 15.7. The molecule has 0 unspecified atom stereocenters. The number of benzene rings is 1. The molecule has 10 heteroatoms. The molecule has 0 aliphatic heterocycles. The van der Waals surface area contributed by atoms with E-state index in [1.807, 2.05) is 0 Å². The quantitative estimate of drug-likeness (QED) is 0.636. The topological polar surface area (TPSA) is 102 Å². The minimum absolute atomic E-state index is 0.0822. The molecule has 110 valence electrons. The van der Waals surface area contributed by atoms with Gasteiger partial charge in [-0.2, -0.15) is 0 Å². The number of hydrogen-bond acceptors (Lipinski definition) is 5. The van der Waals surface area contributed by atoms with Gasteiger partial charge in [0.2, 0.25) is 0 Å². The summed E-state index contributed by atoms with van der Waals surface area (Å²) in [5, 5.41) is 11.0. The number of hydrogen-bond donors (Lipinski definition) is 1. The first-order valence-electron chi connectivity index (χ1n) is 5.38. The summed E-state index contributed by atoms with van der Waals surface area (Å²) < 4.78 is 27.1. The van der Waals surface area contributed by atoms with Gasteiger partial charge in [0.25, 0.3) is 15.7 Å². The van der Waals surface area contributed by atoms with Crippen molar-refractivity contribution in [2.75, 3.05) is 4.72 Å². The molecule has 2 rings (SSSR count). The average molecular weight is 393 g/mol. The maximum absolute atomic E-state index is 12.3. The van der Waals surface area contributed by atoms with Crippen molar-refractivity contribution in [1.82, 2.24) is 4.98 Å². The molecule has 0 radical (unpaired) electrons. The molecule has 0 spiro atoms. The highest BCUT2D eigenvalue weighted by Gasteiger charge is 2.27. The van der Waals surface area contributed by atoms with Gasteiger partial charge in [0, 0.05) is 16.7 Å². The lowest BCUT2D eigenvalue weighted by molar-refractivity contribution is -0.387. The van der Waals surface area contributed by atoms with Crippen LogP contribution in [0, 0.1) is 10.1 Å². The summed E-state index contributed by atoms with van der Waals surface area (Å²) in [5.74, 6) is -0.103. The van der Waals surface area contributed by atoms with Crippen LogP contribution in [0.3, 0.4) is 0 Å². The third-order valence-corrected chi connectivity index (χ3v) is 4.56. The average Bonchev–Trinajstić information content (AvgIpc) is 2.41. The molecule has 1 aromatic heterocycles. The van der Waals surface area contributed by atoms with Crippen LogP contribution in [0.25, 0.3) is 0 Å². The lowest BCUT2D eigenvalue weighted by Crippen LogP contribution is -2.15. The van der Waals surface area contributed by atoms with E-state index in [4.69, 9.17) is 11.6 Å². The van der Waals surface area contributed by atoms with Crippen molar-refractivity contribution in [2.45, 2.75) is 4.90 Å². The van der Waals surface area contributed by atoms with E-state index < -0.39 is 25.5 Å². The van der Waals surface area contributed by atoms with Gasteiger partial charge in [0.05, 0.1) is 9.95 Å².